The van der Waals surface area contributed by atoms with Gasteiger partial charge in [-0.1, -0.05) is 73.6 Å². The summed E-state index contributed by atoms with van der Waals surface area (Å²) >= 11 is 12.4. The Morgan fingerprint density at radius 1 is 1.19 bits per heavy atom. The molecule has 0 aromatic heterocycles. The highest BCUT2D eigenvalue weighted by molar-refractivity contribution is 8.26. The van der Waals surface area contributed by atoms with E-state index in [-0.39, 0.29) is 15.8 Å². The second kappa shape index (κ2) is 8.25. The minimum absolute atomic E-state index is 0.269. The van der Waals surface area contributed by atoms with Gasteiger partial charge >= 0.3 is 0 Å². The number of nitrogens with zero attached hydrogens (tertiary/aromatic N) is 1. The molecule has 1 heterocycles. The fourth-order valence-corrected chi connectivity index (χ4v) is 3.90. The Hall–Kier alpha value is -2.15. The van der Waals surface area contributed by atoms with Crippen LogP contribution in [-0.4, -0.2) is 21.1 Å². The largest absolute Gasteiger partial charge is 0.285 e. The smallest absolute Gasteiger partial charge is 0.267 e. The Kier molecular flexibility index (Phi) is 5.99. The first-order valence-corrected chi connectivity index (χ1v) is 9.90. The monoisotopic (exact) mass is 416 g/mol. The molecule has 1 aliphatic rings. The van der Waals surface area contributed by atoms with Gasteiger partial charge in [0, 0.05) is 0 Å². The van der Waals surface area contributed by atoms with E-state index in [4.69, 9.17) is 23.8 Å². The number of thiocarbonyl (C=S) groups is 1. The summed E-state index contributed by atoms with van der Waals surface area (Å²) in [5, 5.41) is 1.39. The second-order valence-electron chi connectivity index (χ2n) is 6.26. The molecule has 138 valence electrons. The van der Waals surface area contributed by atoms with Gasteiger partial charge in [0.15, 0.2) is 4.32 Å². The number of carbonyl (C=O) groups is 2. The van der Waals surface area contributed by atoms with E-state index in [0.717, 1.165) is 22.3 Å². The Balaban J connectivity index is 1.76. The van der Waals surface area contributed by atoms with Crippen molar-refractivity contribution in [3.8, 4) is 0 Å². The van der Waals surface area contributed by atoms with E-state index in [1.54, 1.807) is 30.3 Å². The topological polar surface area (TPSA) is 49.4 Å². The summed E-state index contributed by atoms with van der Waals surface area (Å²) < 4.78 is 0.269. The van der Waals surface area contributed by atoms with Crippen molar-refractivity contribution in [3.05, 3.63) is 75.1 Å². The van der Waals surface area contributed by atoms with E-state index >= 15 is 0 Å². The molecular formula is C20H17ClN2O2S2. The molecule has 0 unspecified atom stereocenters. The van der Waals surface area contributed by atoms with E-state index in [9.17, 15) is 9.59 Å². The van der Waals surface area contributed by atoms with Gasteiger partial charge in [-0.25, -0.2) is 0 Å². The quantitative estimate of drug-likeness (QED) is 0.562. The number of hydrazine groups is 1. The third-order valence-electron chi connectivity index (χ3n) is 4.03. The molecule has 0 aliphatic carbocycles. The number of halogens is 1. The molecule has 0 saturated carbocycles. The number of hydrogen-bond donors (Lipinski definition) is 1. The first-order valence-electron chi connectivity index (χ1n) is 8.30. The molecule has 1 N–H and O–H groups in total. The van der Waals surface area contributed by atoms with Gasteiger partial charge < -0.3 is 0 Å². The highest BCUT2D eigenvalue weighted by atomic mass is 35.5. The van der Waals surface area contributed by atoms with Crippen LogP contribution in [0, 0.1) is 0 Å². The Labute approximate surface area is 172 Å². The van der Waals surface area contributed by atoms with Crippen LogP contribution in [0.5, 0.6) is 0 Å². The summed E-state index contributed by atoms with van der Waals surface area (Å²) in [4.78, 5) is 25.5. The molecule has 0 spiro atoms. The molecule has 7 heteroatoms. The number of carbonyl (C=O) groups excluding carboxylic acids is 2. The SMILES string of the molecule is CC(C)c1ccc(/C=C2/SC(=S)N(NC(=O)c3ccccc3Cl)C2=O)cc1. The van der Waals surface area contributed by atoms with Gasteiger partial charge in [0.2, 0.25) is 0 Å². The summed E-state index contributed by atoms with van der Waals surface area (Å²) in [6.45, 7) is 4.25. The molecule has 4 nitrogen and oxygen atoms in total. The Morgan fingerprint density at radius 3 is 2.48 bits per heavy atom. The van der Waals surface area contributed by atoms with Crippen LogP contribution >= 0.6 is 35.6 Å². The lowest BCUT2D eigenvalue weighted by atomic mass is 10.0. The molecule has 2 aromatic carbocycles. The summed E-state index contributed by atoms with van der Waals surface area (Å²) in [5.41, 5.74) is 4.94. The molecular weight excluding hydrogens is 400 g/mol. The third-order valence-corrected chi connectivity index (χ3v) is 5.66. The van der Waals surface area contributed by atoms with Crippen molar-refractivity contribution in [2.45, 2.75) is 19.8 Å². The van der Waals surface area contributed by atoms with Crippen LogP contribution in [0.3, 0.4) is 0 Å². The van der Waals surface area contributed by atoms with E-state index in [1.807, 2.05) is 24.3 Å². The number of amides is 2. The summed E-state index contributed by atoms with van der Waals surface area (Å²) in [5.74, 6) is -0.407. The number of thioether (sulfide) groups is 1. The van der Waals surface area contributed by atoms with Crippen molar-refractivity contribution in [2.75, 3.05) is 0 Å². The van der Waals surface area contributed by atoms with Gasteiger partial charge in [-0.2, -0.15) is 5.01 Å². The molecule has 2 aromatic rings. The predicted molar refractivity (Wildman–Crippen MR) is 114 cm³/mol. The average Bonchev–Trinajstić information content (AvgIpc) is 2.90. The fourth-order valence-electron chi connectivity index (χ4n) is 2.50. The van der Waals surface area contributed by atoms with Crippen LogP contribution in [0.2, 0.25) is 5.02 Å². The first-order chi connectivity index (χ1) is 12.9. The average molecular weight is 417 g/mol. The summed E-state index contributed by atoms with van der Waals surface area (Å²) in [6, 6.07) is 14.6. The van der Waals surface area contributed by atoms with Crippen molar-refractivity contribution in [1.82, 2.24) is 10.4 Å². The first kappa shape index (κ1) is 19.6. The van der Waals surface area contributed by atoms with Crippen LogP contribution in [0.1, 0.15) is 41.3 Å². The molecule has 1 aliphatic heterocycles. The molecule has 0 radical (unpaired) electrons. The van der Waals surface area contributed by atoms with Crippen LogP contribution in [0.15, 0.2) is 53.4 Å². The molecule has 1 saturated heterocycles. The molecule has 1 fully saturated rings. The zero-order chi connectivity index (χ0) is 19.6. The minimum atomic E-state index is -0.487. The third kappa shape index (κ3) is 4.40. The fraction of sp³-hybridized carbons (Fsp3) is 0.150. The van der Waals surface area contributed by atoms with Crippen molar-refractivity contribution < 1.29 is 9.59 Å². The molecule has 0 bridgehead atoms. The van der Waals surface area contributed by atoms with Crippen molar-refractivity contribution in [1.29, 1.82) is 0 Å². The Bertz CT molecular complexity index is 939. The number of hydrogen-bond acceptors (Lipinski definition) is 4. The predicted octanol–water partition coefficient (Wildman–Crippen LogP) is 5.01. The molecule has 3 rings (SSSR count). The van der Waals surface area contributed by atoms with Gasteiger partial charge in [-0.3, -0.25) is 15.0 Å². The van der Waals surface area contributed by atoms with Crippen LogP contribution in [0.4, 0.5) is 0 Å². The lowest BCUT2D eigenvalue weighted by Crippen LogP contribution is -2.44. The second-order valence-corrected chi connectivity index (χ2v) is 8.34. The molecule has 2 amide bonds. The zero-order valence-electron chi connectivity index (χ0n) is 14.7. The Morgan fingerprint density at radius 2 is 1.85 bits per heavy atom. The summed E-state index contributed by atoms with van der Waals surface area (Å²) in [7, 11) is 0. The summed E-state index contributed by atoms with van der Waals surface area (Å²) in [6.07, 6.45) is 1.77. The normalized spacial score (nSPS) is 15.7. The van der Waals surface area contributed by atoms with Crippen LogP contribution in [0.25, 0.3) is 6.08 Å². The van der Waals surface area contributed by atoms with E-state index in [1.165, 1.54) is 5.56 Å². The minimum Gasteiger partial charge on any atom is -0.267 e. The van der Waals surface area contributed by atoms with Gasteiger partial charge in [-0.05, 0) is 47.5 Å². The number of benzene rings is 2. The van der Waals surface area contributed by atoms with E-state index in [2.05, 4.69) is 19.3 Å². The van der Waals surface area contributed by atoms with E-state index in [0.29, 0.717) is 15.8 Å². The van der Waals surface area contributed by atoms with E-state index < -0.39 is 5.91 Å². The highest BCUT2D eigenvalue weighted by Gasteiger charge is 2.34. The number of nitrogens with one attached hydrogen (secondary N) is 1. The maximum Gasteiger partial charge on any atom is 0.285 e. The maximum absolute atomic E-state index is 12.6. The zero-order valence-corrected chi connectivity index (χ0v) is 17.1. The molecule has 0 atom stereocenters. The standard InChI is InChI=1S/C20H17ClN2O2S2/c1-12(2)14-9-7-13(8-10-14)11-17-19(25)23(20(26)27-17)22-18(24)15-5-3-4-6-16(15)21/h3-12H,1-2H3,(H,22,24)/b17-11+. The molecule has 27 heavy (non-hydrogen) atoms. The van der Waals surface area contributed by atoms with Gasteiger partial charge in [0.05, 0.1) is 15.5 Å². The van der Waals surface area contributed by atoms with Crippen LogP contribution < -0.4 is 5.43 Å². The maximum atomic E-state index is 12.6. The number of rotatable bonds is 4. The van der Waals surface area contributed by atoms with Gasteiger partial charge in [0.1, 0.15) is 0 Å². The lowest BCUT2D eigenvalue weighted by molar-refractivity contribution is -0.123. The lowest BCUT2D eigenvalue weighted by Gasteiger charge is -2.16. The van der Waals surface area contributed by atoms with Crippen molar-refractivity contribution >= 4 is 57.8 Å². The van der Waals surface area contributed by atoms with Crippen molar-refractivity contribution in [3.63, 3.8) is 0 Å². The van der Waals surface area contributed by atoms with Crippen LogP contribution in [-0.2, 0) is 4.79 Å². The van der Waals surface area contributed by atoms with Gasteiger partial charge in [-0.15, -0.1) is 0 Å². The van der Waals surface area contributed by atoms with Gasteiger partial charge in [0.25, 0.3) is 11.8 Å². The van der Waals surface area contributed by atoms with Crippen molar-refractivity contribution in [2.24, 2.45) is 0 Å². The highest BCUT2D eigenvalue weighted by Crippen LogP contribution is 2.32.